The van der Waals surface area contributed by atoms with Gasteiger partial charge < -0.3 is 20.1 Å². The first-order chi connectivity index (χ1) is 15.3. The smallest absolute Gasteiger partial charge is 0.251 e. The lowest BCUT2D eigenvalue weighted by Crippen LogP contribution is -2.23. The van der Waals surface area contributed by atoms with Gasteiger partial charge in [0.25, 0.3) is 5.91 Å². The van der Waals surface area contributed by atoms with Crippen molar-refractivity contribution in [1.29, 1.82) is 0 Å². The molecule has 0 radical (unpaired) electrons. The minimum absolute atomic E-state index is 0.0917. The van der Waals surface area contributed by atoms with Crippen LogP contribution in [0.5, 0.6) is 11.5 Å². The Morgan fingerprint density at radius 1 is 1.12 bits per heavy atom. The van der Waals surface area contributed by atoms with Gasteiger partial charge in [0.1, 0.15) is 11.9 Å². The number of anilines is 2. The van der Waals surface area contributed by atoms with Crippen LogP contribution < -0.4 is 20.1 Å². The molecule has 3 aromatic rings. The Labute approximate surface area is 194 Å². The van der Waals surface area contributed by atoms with Crippen molar-refractivity contribution in [3.05, 3.63) is 52.1 Å². The normalized spacial score (nSPS) is 14.7. The molecule has 4 rings (SSSR count). The van der Waals surface area contributed by atoms with Crippen LogP contribution in [0.1, 0.15) is 18.2 Å². The fourth-order valence-corrected chi connectivity index (χ4v) is 3.98. The number of aromatic nitrogens is 2. The van der Waals surface area contributed by atoms with Gasteiger partial charge in [-0.25, -0.2) is 4.68 Å². The molecule has 10 heteroatoms. The molecule has 1 atom stereocenters. The Morgan fingerprint density at radius 2 is 1.88 bits per heavy atom. The van der Waals surface area contributed by atoms with Crippen LogP contribution >= 0.6 is 23.2 Å². The predicted octanol–water partition coefficient (Wildman–Crippen LogP) is 4.70. The van der Waals surface area contributed by atoms with Crippen LogP contribution in [-0.4, -0.2) is 35.8 Å². The lowest BCUT2D eigenvalue weighted by molar-refractivity contribution is -0.123. The van der Waals surface area contributed by atoms with Gasteiger partial charge in [-0.2, -0.15) is 5.10 Å². The van der Waals surface area contributed by atoms with Crippen LogP contribution in [0, 0.1) is 6.92 Å². The third-order valence-corrected chi connectivity index (χ3v) is 5.92. The molecule has 0 aliphatic carbocycles. The van der Waals surface area contributed by atoms with E-state index in [1.165, 1.54) is 0 Å². The third kappa shape index (κ3) is 3.99. The van der Waals surface area contributed by atoms with Crippen molar-refractivity contribution in [2.45, 2.75) is 19.4 Å². The van der Waals surface area contributed by atoms with E-state index in [0.29, 0.717) is 38.7 Å². The lowest BCUT2D eigenvalue weighted by atomic mass is 10.1. The van der Waals surface area contributed by atoms with Gasteiger partial charge in [-0.05, 0) is 42.8 Å². The van der Waals surface area contributed by atoms with E-state index < -0.39 is 6.04 Å². The molecule has 1 aliphatic rings. The molecule has 1 unspecified atom stereocenters. The molecular weight excluding hydrogens is 455 g/mol. The van der Waals surface area contributed by atoms with Gasteiger partial charge >= 0.3 is 0 Å². The number of ether oxygens (including phenoxy) is 2. The maximum atomic E-state index is 12.7. The summed E-state index contributed by atoms with van der Waals surface area (Å²) in [6, 6.07) is 9.47. The monoisotopic (exact) mass is 474 g/mol. The number of methoxy groups -OCH3 is 2. The number of carbonyl (C=O) groups excluding carboxylic acids is 2. The number of rotatable bonds is 6. The Hall–Kier alpha value is -3.23. The van der Waals surface area contributed by atoms with Crippen molar-refractivity contribution >= 4 is 46.5 Å². The van der Waals surface area contributed by atoms with Crippen LogP contribution in [0.15, 0.2) is 36.4 Å². The zero-order valence-corrected chi connectivity index (χ0v) is 19.0. The molecule has 1 aromatic heterocycles. The quantitative estimate of drug-likeness (QED) is 0.539. The molecule has 2 N–H and O–H groups in total. The molecule has 32 heavy (non-hydrogen) atoms. The van der Waals surface area contributed by atoms with Gasteiger partial charge in [-0.1, -0.05) is 29.3 Å². The number of hydrogen-bond donors (Lipinski definition) is 2. The second-order valence-electron chi connectivity index (χ2n) is 7.21. The molecule has 0 saturated carbocycles. The Kier molecular flexibility index (Phi) is 5.99. The van der Waals surface area contributed by atoms with E-state index in [4.69, 9.17) is 32.7 Å². The van der Waals surface area contributed by atoms with E-state index in [0.717, 1.165) is 11.1 Å². The summed E-state index contributed by atoms with van der Waals surface area (Å²) in [5.41, 5.74) is 2.77. The van der Waals surface area contributed by atoms with E-state index in [9.17, 15) is 9.59 Å². The average Bonchev–Trinajstić information content (AvgIpc) is 3.23. The number of fused-ring (bicyclic) bond motifs is 1. The third-order valence-electron chi connectivity index (χ3n) is 5.18. The van der Waals surface area contributed by atoms with Crippen LogP contribution in [0.25, 0.3) is 11.1 Å². The lowest BCUT2D eigenvalue weighted by Gasteiger charge is -2.10. The van der Waals surface area contributed by atoms with Crippen molar-refractivity contribution in [3.8, 4) is 22.6 Å². The van der Waals surface area contributed by atoms with Crippen molar-refractivity contribution in [3.63, 3.8) is 0 Å². The number of halogens is 2. The molecular formula is C22H20Cl2N4O4. The summed E-state index contributed by atoms with van der Waals surface area (Å²) in [4.78, 5) is 25.3. The predicted molar refractivity (Wildman–Crippen MR) is 123 cm³/mol. The zero-order valence-electron chi connectivity index (χ0n) is 17.5. The topological polar surface area (TPSA) is 94.5 Å². The highest BCUT2D eigenvalue weighted by Crippen LogP contribution is 2.41. The minimum Gasteiger partial charge on any atom is -0.493 e. The number of aryl methyl sites for hydroxylation is 1. The minimum atomic E-state index is -0.777. The van der Waals surface area contributed by atoms with Gasteiger partial charge in [0.2, 0.25) is 5.91 Å². The van der Waals surface area contributed by atoms with Gasteiger partial charge in [-0.3, -0.25) is 9.59 Å². The van der Waals surface area contributed by atoms with E-state index in [-0.39, 0.29) is 18.2 Å². The Bertz CT molecular complexity index is 1220. The standard InChI is InChI=1S/C22H20Cl2N4O4/c1-11-20(12-4-7-17(31-2)18(8-12)32-3)21-26-22(30)16(28(21)27-11)10-19(29)25-13-5-6-14(23)15(24)9-13/h4-9,16H,10H2,1-3H3,(H,25,29)(H,26,30). The first-order valence-electron chi connectivity index (χ1n) is 9.69. The highest BCUT2D eigenvalue weighted by Gasteiger charge is 2.36. The molecule has 2 aromatic carbocycles. The van der Waals surface area contributed by atoms with E-state index in [2.05, 4.69) is 15.7 Å². The summed E-state index contributed by atoms with van der Waals surface area (Å²) < 4.78 is 12.2. The fourth-order valence-electron chi connectivity index (χ4n) is 3.68. The second-order valence-corrected chi connectivity index (χ2v) is 8.02. The maximum absolute atomic E-state index is 12.7. The number of hydrogen-bond acceptors (Lipinski definition) is 5. The molecule has 166 valence electrons. The number of carbonyl (C=O) groups is 2. The highest BCUT2D eigenvalue weighted by molar-refractivity contribution is 6.42. The number of nitrogens with one attached hydrogen (secondary N) is 2. The SMILES string of the molecule is COc1ccc(-c2c(C)nn3c2NC(=O)C3CC(=O)Nc2ccc(Cl)c(Cl)c2)cc1OC. The van der Waals surface area contributed by atoms with Crippen LogP contribution in [0.3, 0.4) is 0 Å². The Morgan fingerprint density at radius 3 is 2.56 bits per heavy atom. The second kappa shape index (κ2) is 8.72. The number of nitrogens with zero attached hydrogens (tertiary/aromatic N) is 2. The first-order valence-corrected chi connectivity index (χ1v) is 10.4. The highest BCUT2D eigenvalue weighted by atomic mass is 35.5. The van der Waals surface area contributed by atoms with Crippen molar-refractivity contribution in [1.82, 2.24) is 9.78 Å². The van der Waals surface area contributed by atoms with E-state index in [1.807, 2.05) is 19.1 Å². The molecule has 0 saturated heterocycles. The van der Waals surface area contributed by atoms with Crippen molar-refractivity contribution < 1.29 is 19.1 Å². The number of amides is 2. The van der Waals surface area contributed by atoms with Crippen LogP contribution in [-0.2, 0) is 9.59 Å². The molecule has 2 amide bonds. The summed E-state index contributed by atoms with van der Waals surface area (Å²) in [5, 5.41) is 10.8. The molecule has 1 aliphatic heterocycles. The van der Waals surface area contributed by atoms with E-state index in [1.54, 1.807) is 43.2 Å². The maximum Gasteiger partial charge on any atom is 0.251 e. The summed E-state index contributed by atoms with van der Waals surface area (Å²) in [7, 11) is 3.12. The van der Waals surface area contributed by atoms with Crippen LogP contribution in [0.4, 0.5) is 11.5 Å². The van der Waals surface area contributed by atoms with E-state index >= 15 is 0 Å². The van der Waals surface area contributed by atoms with Crippen molar-refractivity contribution in [2.75, 3.05) is 24.9 Å². The molecule has 0 bridgehead atoms. The van der Waals surface area contributed by atoms with Gasteiger partial charge in [0.05, 0.1) is 36.4 Å². The first kappa shape index (κ1) is 22.0. The van der Waals surface area contributed by atoms with Gasteiger partial charge in [-0.15, -0.1) is 0 Å². The molecule has 2 heterocycles. The molecule has 8 nitrogen and oxygen atoms in total. The summed E-state index contributed by atoms with van der Waals surface area (Å²) in [6.45, 7) is 1.84. The van der Waals surface area contributed by atoms with Crippen molar-refractivity contribution in [2.24, 2.45) is 0 Å². The number of benzene rings is 2. The molecule has 0 spiro atoms. The zero-order chi connectivity index (χ0) is 23.0. The van der Waals surface area contributed by atoms with Crippen LogP contribution in [0.2, 0.25) is 10.0 Å². The van der Waals surface area contributed by atoms with Gasteiger partial charge in [0.15, 0.2) is 11.5 Å². The Balaban J connectivity index is 1.60. The fraction of sp³-hybridized carbons (Fsp3) is 0.227. The largest absolute Gasteiger partial charge is 0.493 e. The summed E-state index contributed by atoms with van der Waals surface area (Å²) in [5.74, 6) is 1.03. The average molecular weight is 475 g/mol. The summed E-state index contributed by atoms with van der Waals surface area (Å²) >= 11 is 11.9. The van der Waals surface area contributed by atoms with Gasteiger partial charge in [0, 0.05) is 11.3 Å². The molecule has 0 fully saturated rings. The summed E-state index contributed by atoms with van der Waals surface area (Å²) in [6.07, 6.45) is -0.0917.